The Labute approximate surface area is 70.8 Å². The van der Waals surface area contributed by atoms with Crippen LogP contribution in [0.1, 0.15) is 27.2 Å². The van der Waals surface area contributed by atoms with Gasteiger partial charge in [-0.3, -0.25) is 0 Å². The van der Waals surface area contributed by atoms with E-state index in [-0.39, 0.29) is 0 Å². The van der Waals surface area contributed by atoms with Crippen molar-refractivity contribution in [1.82, 2.24) is 4.90 Å². The molecule has 0 aliphatic rings. The van der Waals surface area contributed by atoms with E-state index in [1.165, 1.54) is 13.0 Å². The minimum absolute atomic E-state index is 0.314. The van der Waals surface area contributed by atoms with Crippen LogP contribution in [0.5, 0.6) is 0 Å². The molecule has 0 bridgehead atoms. The van der Waals surface area contributed by atoms with Crippen molar-refractivity contribution >= 4 is 0 Å². The summed E-state index contributed by atoms with van der Waals surface area (Å²) >= 11 is 0. The van der Waals surface area contributed by atoms with E-state index in [0.717, 1.165) is 6.54 Å². The van der Waals surface area contributed by atoms with Crippen LogP contribution in [0, 0.1) is 5.92 Å². The van der Waals surface area contributed by atoms with Crippen molar-refractivity contribution in [3.05, 3.63) is 0 Å². The summed E-state index contributed by atoms with van der Waals surface area (Å²) in [5, 5.41) is 0. The second-order valence-corrected chi connectivity index (χ2v) is 3.60. The monoisotopic (exact) mass is 158 g/mol. The smallest absolute Gasteiger partial charge is 0.00483 e. The van der Waals surface area contributed by atoms with Crippen LogP contribution >= 0.6 is 0 Å². The first-order chi connectivity index (χ1) is 5.07. The van der Waals surface area contributed by atoms with Gasteiger partial charge in [0.25, 0.3) is 0 Å². The highest BCUT2D eigenvalue weighted by molar-refractivity contribution is 4.66. The highest BCUT2D eigenvalue weighted by atomic mass is 15.1. The van der Waals surface area contributed by atoms with E-state index in [9.17, 15) is 0 Å². The zero-order valence-corrected chi connectivity index (χ0v) is 8.30. The Hall–Kier alpha value is -0.0800. The van der Waals surface area contributed by atoms with E-state index in [0.29, 0.717) is 12.0 Å². The summed E-state index contributed by atoms with van der Waals surface area (Å²) in [5.74, 6) is 0.603. The van der Waals surface area contributed by atoms with Gasteiger partial charge in [-0.25, -0.2) is 0 Å². The molecule has 0 spiro atoms. The molecule has 0 heterocycles. The first-order valence-corrected chi connectivity index (χ1v) is 4.52. The van der Waals surface area contributed by atoms with Gasteiger partial charge in [-0.2, -0.15) is 0 Å². The third-order valence-corrected chi connectivity index (χ3v) is 2.10. The fraction of sp³-hybridized carbons (Fsp3) is 1.00. The van der Waals surface area contributed by atoms with Gasteiger partial charge in [0.05, 0.1) is 0 Å². The lowest BCUT2D eigenvalue weighted by molar-refractivity contribution is 0.269. The maximum absolute atomic E-state index is 5.75. The summed E-state index contributed by atoms with van der Waals surface area (Å²) in [6, 6.07) is 0.314. The summed E-state index contributed by atoms with van der Waals surface area (Å²) in [4.78, 5) is 2.34. The first kappa shape index (κ1) is 10.9. The molecular formula is C9H22N2. The Morgan fingerprint density at radius 1 is 1.36 bits per heavy atom. The zero-order chi connectivity index (χ0) is 8.85. The first-order valence-electron chi connectivity index (χ1n) is 4.52. The Balaban J connectivity index is 3.48. The van der Waals surface area contributed by atoms with Crippen LogP contribution < -0.4 is 5.73 Å². The number of nitrogens with two attached hydrogens (primary N) is 1. The molecule has 0 radical (unpaired) electrons. The van der Waals surface area contributed by atoms with E-state index in [1.54, 1.807) is 0 Å². The van der Waals surface area contributed by atoms with Crippen molar-refractivity contribution in [1.29, 1.82) is 0 Å². The molecular weight excluding hydrogens is 136 g/mol. The molecule has 0 aliphatic carbocycles. The maximum atomic E-state index is 5.75. The third-order valence-electron chi connectivity index (χ3n) is 2.10. The number of nitrogens with zero attached hydrogens (tertiary/aromatic N) is 1. The molecule has 2 heteroatoms. The molecule has 2 unspecified atom stereocenters. The molecule has 0 aromatic heterocycles. The molecule has 0 aromatic rings. The predicted octanol–water partition coefficient (Wildman–Crippen LogP) is 1.31. The van der Waals surface area contributed by atoms with E-state index in [2.05, 4.69) is 32.7 Å². The lowest BCUT2D eigenvalue weighted by Crippen LogP contribution is -2.34. The van der Waals surface area contributed by atoms with Crippen LogP contribution in [-0.2, 0) is 0 Å². The summed E-state index contributed by atoms with van der Waals surface area (Å²) in [6.07, 6.45) is 1.22. The van der Waals surface area contributed by atoms with Gasteiger partial charge in [-0.15, -0.1) is 0 Å². The van der Waals surface area contributed by atoms with Crippen LogP contribution in [0.15, 0.2) is 0 Å². The van der Waals surface area contributed by atoms with Crippen LogP contribution in [-0.4, -0.2) is 31.1 Å². The SMILES string of the molecule is CCCN(C)CC(C)C(C)N. The molecule has 2 atom stereocenters. The van der Waals surface area contributed by atoms with Crippen molar-refractivity contribution in [2.75, 3.05) is 20.1 Å². The topological polar surface area (TPSA) is 29.3 Å². The Morgan fingerprint density at radius 2 is 1.91 bits per heavy atom. The van der Waals surface area contributed by atoms with Gasteiger partial charge >= 0.3 is 0 Å². The second-order valence-electron chi connectivity index (χ2n) is 3.60. The summed E-state index contributed by atoms with van der Waals surface area (Å²) in [6.45, 7) is 8.77. The Bertz CT molecular complexity index is 91.6. The van der Waals surface area contributed by atoms with E-state index in [1.807, 2.05) is 0 Å². The van der Waals surface area contributed by atoms with Gasteiger partial charge in [0, 0.05) is 12.6 Å². The van der Waals surface area contributed by atoms with Crippen LogP contribution in [0.3, 0.4) is 0 Å². The molecule has 0 saturated heterocycles. The fourth-order valence-corrected chi connectivity index (χ4v) is 1.13. The van der Waals surface area contributed by atoms with Crippen LogP contribution in [0.4, 0.5) is 0 Å². The van der Waals surface area contributed by atoms with Gasteiger partial charge < -0.3 is 10.6 Å². The number of hydrogen-bond acceptors (Lipinski definition) is 2. The molecule has 2 N–H and O–H groups in total. The van der Waals surface area contributed by atoms with Crippen molar-refractivity contribution in [3.8, 4) is 0 Å². The summed E-state index contributed by atoms with van der Waals surface area (Å²) < 4.78 is 0. The lowest BCUT2D eigenvalue weighted by Gasteiger charge is -2.22. The largest absolute Gasteiger partial charge is 0.328 e. The number of rotatable bonds is 5. The molecule has 0 fully saturated rings. The Morgan fingerprint density at radius 3 is 2.27 bits per heavy atom. The van der Waals surface area contributed by atoms with Crippen molar-refractivity contribution in [3.63, 3.8) is 0 Å². The van der Waals surface area contributed by atoms with Crippen LogP contribution in [0.25, 0.3) is 0 Å². The fourth-order valence-electron chi connectivity index (χ4n) is 1.13. The van der Waals surface area contributed by atoms with Crippen molar-refractivity contribution in [2.45, 2.75) is 33.2 Å². The molecule has 0 aliphatic heterocycles. The number of hydrogen-bond donors (Lipinski definition) is 1. The predicted molar refractivity (Wildman–Crippen MR) is 50.6 cm³/mol. The molecule has 0 amide bonds. The quantitative estimate of drug-likeness (QED) is 0.653. The highest BCUT2D eigenvalue weighted by Gasteiger charge is 2.09. The van der Waals surface area contributed by atoms with Crippen LogP contribution in [0.2, 0.25) is 0 Å². The molecule has 2 nitrogen and oxygen atoms in total. The molecule has 0 rings (SSSR count). The summed E-state index contributed by atoms with van der Waals surface area (Å²) in [5.41, 5.74) is 5.75. The van der Waals surface area contributed by atoms with E-state index < -0.39 is 0 Å². The van der Waals surface area contributed by atoms with Crippen molar-refractivity contribution in [2.24, 2.45) is 11.7 Å². The average Bonchev–Trinajstić information content (AvgIpc) is 1.87. The molecule has 0 aromatic carbocycles. The lowest BCUT2D eigenvalue weighted by atomic mass is 10.0. The molecule has 11 heavy (non-hydrogen) atoms. The summed E-state index contributed by atoms with van der Waals surface area (Å²) in [7, 11) is 2.16. The minimum Gasteiger partial charge on any atom is -0.328 e. The normalized spacial score (nSPS) is 16.9. The van der Waals surface area contributed by atoms with Crippen molar-refractivity contribution < 1.29 is 0 Å². The molecule has 0 saturated carbocycles. The van der Waals surface area contributed by atoms with E-state index >= 15 is 0 Å². The van der Waals surface area contributed by atoms with Gasteiger partial charge in [-0.1, -0.05) is 13.8 Å². The highest BCUT2D eigenvalue weighted by Crippen LogP contribution is 2.01. The average molecular weight is 158 g/mol. The van der Waals surface area contributed by atoms with Gasteiger partial charge in [-0.05, 0) is 32.9 Å². The van der Waals surface area contributed by atoms with Gasteiger partial charge in [0.2, 0.25) is 0 Å². The standard InChI is InChI=1S/C9H22N2/c1-5-6-11(4)7-8(2)9(3)10/h8-9H,5-7,10H2,1-4H3. The second kappa shape index (κ2) is 5.56. The molecule has 68 valence electrons. The third kappa shape index (κ3) is 5.22. The zero-order valence-electron chi connectivity index (χ0n) is 8.30. The van der Waals surface area contributed by atoms with Gasteiger partial charge in [0.15, 0.2) is 0 Å². The van der Waals surface area contributed by atoms with Gasteiger partial charge in [0.1, 0.15) is 0 Å². The minimum atomic E-state index is 0.314. The Kier molecular flexibility index (Phi) is 5.51. The van der Waals surface area contributed by atoms with E-state index in [4.69, 9.17) is 5.73 Å². The maximum Gasteiger partial charge on any atom is 0.00483 e.